The molecule has 0 heterocycles. The molecule has 0 aliphatic carbocycles. The molecule has 0 aliphatic rings. The van der Waals surface area contributed by atoms with Crippen LogP contribution in [0.1, 0.15) is 45.5 Å². The van der Waals surface area contributed by atoms with Gasteiger partial charge < -0.3 is 39.7 Å². The van der Waals surface area contributed by atoms with Crippen LogP contribution in [-0.2, 0) is 24.2 Å². The van der Waals surface area contributed by atoms with Gasteiger partial charge in [-0.25, -0.2) is 9.79 Å². The molecule has 242 valence electrons. The first-order valence-electron chi connectivity index (χ1n) is 12.6. The summed E-state index contributed by atoms with van der Waals surface area (Å²) < 4.78 is 55.0. The molecule has 3 aromatic rings. The van der Waals surface area contributed by atoms with Gasteiger partial charge in [0.05, 0.1) is 28.5 Å². The second-order valence-electron chi connectivity index (χ2n) is 9.55. The molecule has 0 saturated carbocycles. The van der Waals surface area contributed by atoms with Crippen molar-refractivity contribution in [2.45, 2.75) is 37.0 Å². The summed E-state index contributed by atoms with van der Waals surface area (Å²) in [7, 11) is -12.0. The third kappa shape index (κ3) is 9.22. The van der Waals surface area contributed by atoms with Gasteiger partial charge in [0.25, 0.3) is 0 Å². The first-order chi connectivity index (χ1) is 20.7. The lowest BCUT2D eigenvalue weighted by atomic mass is 10.1. The molecule has 2 N–H and O–H groups in total. The third-order valence-corrected chi connectivity index (χ3v) is 8.15. The summed E-state index contributed by atoms with van der Waals surface area (Å²) in [5.74, 6) is -3.23. The van der Waals surface area contributed by atoms with Crippen molar-refractivity contribution >= 4 is 45.0 Å². The minimum atomic E-state index is -6.25. The molecule has 0 unspecified atom stereocenters. The quantitative estimate of drug-likeness (QED) is 0.0986. The van der Waals surface area contributed by atoms with E-state index in [1.165, 1.54) is 0 Å². The first-order valence-corrected chi connectivity index (χ1v) is 15.7. The molecule has 45 heavy (non-hydrogen) atoms. The van der Waals surface area contributed by atoms with E-state index >= 15 is 0 Å². The summed E-state index contributed by atoms with van der Waals surface area (Å²) in [6.45, 7) is 0. The van der Waals surface area contributed by atoms with Crippen LogP contribution in [0.5, 0.6) is 0 Å². The average molecular weight is 671 g/mol. The van der Waals surface area contributed by atoms with E-state index in [-0.39, 0.29) is 37.1 Å². The predicted octanol–water partition coefficient (Wildman–Crippen LogP) is -0.854. The second kappa shape index (κ2) is 13.8. The minimum Gasteiger partial charge on any atom is -0.862 e. The van der Waals surface area contributed by atoms with Crippen LogP contribution < -0.4 is 34.9 Å². The second-order valence-corrected chi connectivity index (χ2v) is 12.8. The van der Waals surface area contributed by atoms with E-state index in [9.17, 15) is 57.2 Å². The number of aliphatic imine (C=N–C) groups is 2. The molecule has 0 amide bonds. The van der Waals surface area contributed by atoms with Crippen molar-refractivity contribution in [3.63, 3.8) is 0 Å². The van der Waals surface area contributed by atoms with Crippen LogP contribution in [0.2, 0.25) is 0 Å². The highest BCUT2D eigenvalue weighted by Crippen LogP contribution is 2.62. The van der Waals surface area contributed by atoms with Gasteiger partial charge in [-0.3, -0.25) is 9.98 Å². The maximum atomic E-state index is 13.8. The van der Waals surface area contributed by atoms with E-state index in [0.717, 1.165) is 66.7 Å². The fourth-order valence-electron chi connectivity index (χ4n) is 3.81. The highest BCUT2D eigenvalue weighted by Gasteiger charge is 2.55. The van der Waals surface area contributed by atoms with Crippen molar-refractivity contribution in [2.75, 3.05) is 0 Å². The number of halogens is 4. The van der Waals surface area contributed by atoms with Crippen LogP contribution in [0.25, 0.3) is 0 Å². The standard InChI is InChI=1S/C27H26F4N2O10P2/c28-26(29,44(38,39)40)19-7-1-16(2-8-19)5-11-23(34)32-21-13-18(25(36)37)14-22(15-21)33-24(35)12-6-17-3-9-20(10-4-17)27(30,31)45(41,42)43/h1-4,7-10,13-15H,5-6,11-12H2,(H,32,34)(H,33,35)(H,36,37)(H2,38,39,40)(H2,41,42,43)/p-5. The fraction of sp³-hybridized carbons (Fsp3) is 0.222. The van der Waals surface area contributed by atoms with E-state index in [0.29, 0.717) is 11.1 Å². The lowest BCUT2D eigenvalue weighted by Gasteiger charge is -2.46. The Morgan fingerprint density at radius 2 is 1.04 bits per heavy atom. The van der Waals surface area contributed by atoms with E-state index in [2.05, 4.69) is 9.98 Å². The molecule has 3 aromatic carbocycles. The maximum absolute atomic E-state index is 13.8. The largest absolute Gasteiger partial charge is 0.862 e. The molecule has 0 aromatic heterocycles. The topological polar surface area (TPSA) is 244 Å². The Hall–Kier alpha value is -3.59. The molecule has 0 radical (unpaired) electrons. The summed E-state index contributed by atoms with van der Waals surface area (Å²) in [4.78, 5) is 80.0. The Kier molecular flexibility index (Phi) is 11.0. The van der Waals surface area contributed by atoms with Gasteiger partial charge in [0.1, 0.15) is 0 Å². The van der Waals surface area contributed by atoms with Crippen molar-refractivity contribution in [1.82, 2.24) is 0 Å². The maximum Gasteiger partial charge on any atom is 0.428 e. The van der Waals surface area contributed by atoms with Gasteiger partial charge in [0.2, 0.25) is 0 Å². The lowest BCUT2D eigenvalue weighted by Crippen LogP contribution is -2.43. The Morgan fingerprint density at radius 3 is 1.38 bits per heavy atom. The number of aryl methyl sites for hydroxylation is 2. The van der Waals surface area contributed by atoms with Gasteiger partial charge >= 0.3 is 19.3 Å². The number of carboxylic acid groups (broad SMARTS) is 1. The Bertz CT molecular complexity index is 1470. The highest BCUT2D eigenvalue weighted by atomic mass is 31.2. The molecule has 0 saturated heterocycles. The van der Waals surface area contributed by atoms with Crippen molar-refractivity contribution in [1.29, 1.82) is 0 Å². The molecule has 18 heteroatoms. The summed E-state index contributed by atoms with van der Waals surface area (Å²) in [5, 5.41) is 36.3. The zero-order valence-corrected chi connectivity index (χ0v) is 24.4. The van der Waals surface area contributed by atoms with Crippen molar-refractivity contribution in [2.24, 2.45) is 9.98 Å². The smallest absolute Gasteiger partial charge is 0.428 e. The molecular weight excluding hydrogens is 650 g/mol. The normalized spacial score (nSPS) is 13.6. The monoisotopic (exact) mass is 671 g/mol. The van der Waals surface area contributed by atoms with E-state index in [4.69, 9.17) is 9.79 Å². The third-order valence-electron chi connectivity index (χ3n) is 6.21. The number of carbonyl (C=O) groups excluding carboxylic acids is 1. The van der Waals surface area contributed by atoms with Crippen molar-refractivity contribution < 1.29 is 67.0 Å². The van der Waals surface area contributed by atoms with Crippen molar-refractivity contribution in [3.8, 4) is 0 Å². The van der Waals surface area contributed by atoms with Crippen LogP contribution in [-0.4, -0.2) is 27.6 Å². The molecule has 0 fully saturated rings. The Labute approximate surface area is 253 Å². The molecule has 0 spiro atoms. The van der Waals surface area contributed by atoms with Crippen LogP contribution in [0.3, 0.4) is 0 Å². The van der Waals surface area contributed by atoms with Crippen LogP contribution in [0, 0.1) is 0 Å². The Balaban J connectivity index is 1.70. The molecule has 0 bridgehead atoms. The van der Waals surface area contributed by atoms with Crippen molar-refractivity contribution in [3.05, 3.63) is 94.5 Å². The fourth-order valence-corrected chi connectivity index (χ4v) is 4.77. The number of hydrogen-bond acceptors (Lipinski definition) is 12. The lowest BCUT2D eigenvalue weighted by molar-refractivity contribution is -0.447. The van der Waals surface area contributed by atoms with Gasteiger partial charge in [-0.1, -0.05) is 32.2 Å². The highest BCUT2D eigenvalue weighted by molar-refractivity contribution is 7.58. The van der Waals surface area contributed by atoms with E-state index < -0.39 is 61.7 Å². The molecule has 0 aliphatic heterocycles. The minimum absolute atomic E-state index is 0.0221. The summed E-state index contributed by atoms with van der Waals surface area (Å²) in [6, 6.07) is 10.6. The van der Waals surface area contributed by atoms with Crippen LogP contribution in [0.4, 0.5) is 28.9 Å². The van der Waals surface area contributed by atoms with E-state index in [1.54, 1.807) is 0 Å². The molecule has 0 atom stereocenters. The predicted molar refractivity (Wildman–Crippen MR) is 141 cm³/mol. The molecule has 3 rings (SSSR count). The zero-order valence-electron chi connectivity index (χ0n) is 22.6. The number of rotatable bonds is 13. The number of nitrogens with zero attached hydrogens (tertiary/aromatic N) is 2. The number of alkyl halides is 4. The number of hydrogen-bond donors (Lipinski definition) is 2. The van der Waals surface area contributed by atoms with Gasteiger partial charge in [-0.2, -0.15) is 17.6 Å². The Morgan fingerprint density at radius 1 is 0.667 bits per heavy atom. The SMILES string of the molecule is O=C([O-])c1cc(N=C([O-])CCc2ccc(C(F)(F)[P+]([O-])([O-])[O-])cc2)cc(N=C([O-])CCc2ccc(C(F)(F)[P+]([O-])(O)O)cc2)c1. The number of carbonyl (C=O) groups is 1. The first kappa shape index (κ1) is 35.9. The van der Waals surface area contributed by atoms with Crippen LogP contribution >= 0.6 is 15.9 Å². The summed E-state index contributed by atoms with van der Waals surface area (Å²) in [5.41, 5.74) is -11.2. The van der Waals surface area contributed by atoms with Gasteiger partial charge in [0, 0.05) is 5.56 Å². The van der Waals surface area contributed by atoms with Gasteiger partial charge in [0.15, 0.2) is 0 Å². The van der Waals surface area contributed by atoms with Gasteiger partial charge in [-0.05, 0) is 91.1 Å². The summed E-state index contributed by atoms with van der Waals surface area (Å²) >= 11 is 0. The summed E-state index contributed by atoms with van der Waals surface area (Å²) in [6.07, 6.45) is -0.640. The number of benzene rings is 3. The van der Waals surface area contributed by atoms with E-state index in [1.807, 2.05) is 0 Å². The van der Waals surface area contributed by atoms with Crippen LogP contribution in [0.15, 0.2) is 76.7 Å². The zero-order chi connectivity index (χ0) is 33.8. The van der Waals surface area contributed by atoms with Gasteiger partial charge in [-0.15, -0.1) is 0 Å². The average Bonchev–Trinajstić information content (AvgIpc) is 2.94. The molecule has 12 nitrogen and oxygen atoms in total. The number of carboxylic acids is 1. The number of aromatic carboxylic acids is 1. The molecular formula is C27H21F4N2O10P2-5.